The van der Waals surface area contributed by atoms with E-state index in [-0.39, 0.29) is 17.7 Å². The summed E-state index contributed by atoms with van der Waals surface area (Å²) in [6.07, 6.45) is 5.75. The number of carbonyl (C=O) groups excluding carboxylic acids is 2. The van der Waals surface area contributed by atoms with Gasteiger partial charge < -0.3 is 15.1 Å². The Hall–Kier alpha value is -3.74. The van der Waals surface area contributed by atoms with Crippen LogP contribution < -0.4 is 15.1 Å². The van der Waals surface area contributed by atoms with Crippen molar-refractivity contribution in [2.24, 2.45) is 5.92 Å². The molecule has 0 aliphatic carbocycles. The van der Waals surface area contributed by atoms with E-state index >= 15 is 0 Å². The van der Waals surface area contributed by atoms with Gasteiger partial charge in [-0.2, -0.15) is 0 Å². The smallest absolute Gasteiger partial charge is 0.262 e. The van der Waals surface area contributed by atoms with Crippen molar-refractivity contribution in [2.45, 2.75) is 26.2 Å². The molecule has 1 N–H and O–H groups in total. The van der Waals surface area contributed by atoms with Crippen LogP contribution in [0.2, 0.25) is 0 Å². The van der Waals surface area contributed by atoms with E-state index in [2.05, 4.69) is 26.3 Å². The number of hydrogen-bond acceptors (Lipinski definition) is 5. The van der Waals surface area contributed by atoms with Crippen LogP contribution in [0.25, 0.3) is 0 Å². The minimum atomic E-state index is -0.0855. The summed E-state index contributed by atoms with van der Waals surface area (Å²) in [4.78, 5) is 39.0. The predicted octanol–water partition coefficient (Wildman–Crippen LogP) is 3.84. The molecule has 2 aliphatic heterocycles. The molecule has 7 nitrogen and oxygen atoms in total. The lowest BCUT2D eigenvalue weighted by Gasteiger charge is -2.33. The molecule has 0 saturated carbocycles. The van der Waals surface area contributed by atoms with Gasteiger partial charge in [0.2, 0.25) is 5.91 Å². The molecule has 2 aromatic heterocycles. The zero-order chi connectivity index (χ0) is 22.8. The number of aromatic nitrogens is 2. The lowest BCUT2D eigenvalue weighted by molar-refractivity contribution is -0.120. The summed E-state index contributed by atoms with van der Waals surface area (Å²) in [5.41, 5.74) is 3.85. The molecule has 0 spiro atoms. The summed E-state index contributed by atoms with van der Waals surface area (Å²) in [5, 5.41) is 2.92. The second-order valence-electron chi connectivity index (χ2n) is 8.68. The van der Waals surface area contributed by atoms with Gasteiger partial charge in [0.25, 0.3) is 5.91 Å². The van der Waals surface area contributed by atoms with Gasteiger partial charge in [-0.15, -0.1) is 0 Å². The maximum Gasteiger partial charge on any atom is 0.262 e. The number of nitrogens with zero attached hydrogens (tertiary/aromatic N) is 4. The Morgan fingerprint density at radius 1 is 0.970 bits per heavy atom. The highest BCUT2D eigenvalue weighted by molar-refractivity contribution is 6.10. The minimum Gasteiger partial charge on any atom is -0.356 e. The second kappa shape index (κ2) is 9.02. The number of fused-ring (bicyclic) bond motifs is 1. The van der Waals surface area contributed by atoms with Crippen molar-refractivity contribution in [2.75, 3.05) is 34.8 Å². The van der Waals surface area contributed by atoms with Crippen molar-refractivity contribution < 1.29 is 9.59 Å². The van der Waals surface area contributed by atoms with Gasteiger partial charge in [-0.1, -0.05) is 24.3 Å². The fourth-order valence-electron chi connectivity index (χ4n) is 4.63. The zero-order valence-electron chi connectivity index (χ0n) is 18.7. The minimum absolute atomic E-state index is 0.00278. The first kappa shape index (κ1) is 21.1. The number of rotatable bonds is 4. The molecule has 2 amide bonds. The SMILES string of the molecule is Cc1ccc(NC(=O)C2CCN(c3ncccc3C(=O)N3CCc4ccccc43)CC2)nc1. The quantitative estimate of drug-likeness (QED) is 0.666. The van der Waals surface area contributed by atoms with Gasteiger partial charge in [-0.05, 0) is 61.6 Å². The summed E-state index contributed by atoms with van der Waals surface area (Å²) >= 11 is 0. The Labute approximate surface area is 193 Å². The van der Waals surface area contributed by atoms with Crippen molar-refractivity contribution in [1.29, 1.82) is 0 Å². The molecule has 0 radical (unpaired) electrons. The van der Waals surface area contributed by atoms with Crippen molar-refractivity contribution in [1.82, 2.24) is 9.97 Å². The number of nitrogens with one attached hydrogen (secondary N) is 1. The molecule has 2 aliphatic rings. The highest BCUT2D eigenvalue weighted by Crippen LogP contribution is 2.31. The van der Waals surface area contributed by atoms with E-state index in [9.17, 15) is 9.59 Å². The zero-order valence-corrected chi connectivity index (χ0v) is 18.7. The van der Waals surface area contributed by atoms with Crippen LogP contribution in [0.15, 0.2) is 60.9 Å². The number of anilines is 3. The average Bonchev–Trinajstić information content (AvgIpc) is 3.29. The van der Waals surface area contributed by atoms with E-state index < -0.39 is 0 Å². The van der Waals surface area contributed by atoms with Crippen molar-refractivity contribution in [3.63, 3.8) is 0 Å². The fraction of sp³-hybridized carbons (Fsp3) is 0.308. The van der Waals surface area contributed by atoms with Crippen LogP contribution in [0.3, 0.4) is 0 Å². The third-order valence-electron chi connectivity index (χ3n) is 6.48. The Morgan fingerprint density at radius 3 is 2.58 bits per heavy atom. The maximum absolute atomic E-state index is 13.5. The molecule has 168 valence electrons. The molecule has 7 heteroatoms. The van der Waals surface area contributed by atoms with E-state index in [4.69, 9.17) is 0 Å². The molecular weight excluding hydrogens is 414 g/mol. The van der Waals surface area contributed by atoms with Gasteiger partial charge >= 0.3 is 0 Å². The number of aryl methyl sites for hydroxylation is 1. The number of benzene rings is 1. The summed E-state index contributed by atoms with van der Waals surface area (Å²) in [6, 6.07) is 15.5. The van der Waals surface area contributed by atoms with Gasteiger partial charge in [0.15, 0.2) is 0 Å². The van der Waals surface area contributed by atoms with Crippen LogP contribution >= 0.6 is 0 Å². The molecule has 3 aromatic rings. The van der Waals surface area contributed by atoms with Gasteiger partial charge in [-0.25, -0.2) is 9.97 Å². The molecule has 1 saturated heterocycles. The number of pyridine rings is 2. The largest absolute Gasteiger partial charge is 0.356 e. The van der Waals surface area contributed by atoms with Crippen LogP contribution in [-0.2, 0) is 11.2 Å². The van der Waals surface area contributed by atoms with Crippen LogP contribution in [0.1, 0.15) is 34.3 Å². The lowest BCUT2D eigenvalue weighted by Crippen LogP contribution is -2.40. The van der Waals surface area contributed by atoms with Crippen molar-refractivity contribution in [3.05, 3.63) is 77.6 Å². The van der Waals surface area contributed by atoms with Crippen molar-refractivity contribution in [3.8, 4) is 0 Å². The third-order valence-corrected chi connectivity index (χ3v) is 6.48. The monoisotopic (exact) mass is 441 g/mol. The van der Waals surface area contributed by atoms with E-state index in [0.717, 1.165) is 17.7 Å². The van der Waals surface area contributed by atoms with Gasteiger partial charge in [0, 0.05) is 43.6 Å². The van der Waals surface area contributed by atoms with Crippen LogP contribution in [0.5, 0.6) is 0 Å². The summed E-state index contributed by atoms with van der Waals surface area (Å²) in [6.45, 7) is 4.00. The highest BCUT2D eigenvalue weighted by atomic mass is 16.2. The molecule has 1 aromatic carbocycles. The summed E-state index contributed by atoms with van der Waals surface area (Å²) in [7, 11) is 0. The van der Waals surface area contributed by atoms with E-state index in [0.29, 0.717) is 49.7 Å². The van der Waals surface area contributed by atoms with Gasteiger partial charge in [-0.3, -0.25) is 9.59 Å². The number of piperidine rings is 1. The van der Waals surface area contributed by atoms with Crippen LogP contribution in [0, 0.1) is 12.8 Å². The van der Waals surface area contributed by atoms with Crippen LogP contribution in [0.4, 0.5) is 17.3 Å². The molecule has 5 rings (SSSR count). The molecule has 0 atom stereocenters. The molecular formula is C26H27N5O2. The Balaban J connectivity index is 1.27. The first-order chi connectivity index (χ1) is 16.1. The normalized spacial score (nSPS) is 15.9. The Kier molecular flexibility index (Phi) is 5.77. The standard InChI is InChI=1S/C26H27N5O2/c1-18-8-9-23(28-17-18)29-25(32)20-10-14-30(15-11-20)24-21(6-4-13-27-24)26(33)31-16-12-19-5-2-3-7-22(19)31/h2-9,13,17,20H,10-12,14-16H2,1H3,(H,28,29,32). The highest BCUT2D eigenvalue weighted by Gasteiger charge is 2.31. The van der Waals surface area contributed by atoms with E-state index in [1.807, 2.05) is 54.3 Å². The second-order valence-corrected chi connectivity index (χ2v) is 8.68. The topological polar surface area (TPSA) is 78.4 Å². The molecule has 33 heavy (non-hydrogen) atoms. The Morgan fingerprint density at radius 2 is 1.79 bits per heavy atom. The summed E-state index contributed by atoms with van der Waals surface area (Å²) < 4.78 is 0. The maximum atomic E-state index is 13.5. The van der Waals surface area contributed by atoms with E-state index in [1.165, 1.54) is 5.56 Å². The predicted molar refractivity (Wildman–Crippen MR) is 129 cm³/mol. The summed E-state index contributed by atoms with van der Waals surface area (Å²) in [5.74, 6) is 1.17. The first-order valence-electron chi connectivity index (χ1n) is 11.4. The molecule has 0 bridgehead atoms. The first-order valence-corrected chi connectivity index (χ1v) is 11.4. The van der Waals surface area contributed by atoms with Gasteiger partial charge in [0.05, 0.1) is 5.56 Å². The number of hydrogen-bond donors (Lipinski definition) is 1. The van der Waals surface area contributed by atoms with Gasteiger partial charge in [0.1, 0.15) is 11.6 Å². The average molecular weight is 442 g/mol. The third kappa shape index (κ3) is 4.31. The number of carbonyl (C=O) groups is 2. The molecule has 0 unspecified atom stereocenters. The fourth-order valence-corrected chi connectivity index (χ4v) is 4.63. The lowest BCUT2D eigenvalue weighted by atomic mass is 9.95. The number of amides is 2. The number of para-hydroxylation sites is 1. The van der Waals surface area contributed by atoms with Crippen LogP contribution in [-0.4, -0.2) is 41.4 Å². The molecule has 1 fully saturated rings. The molecule has 4 heterocycles. The van der Waals surface area contributed by atoms with E-state index in [1.54, 1.807) is 12.4 Å². The van der Waals surface area contributed by atoms with Crippen molar-refractivity contribution >= 4 is 29.1 Å². The Bertz CT molecular complexity index is 1170.